The minimum Gasteiger partial charge on any atom is -0.392 e. The van der Waals surface area contributed by atoms with E-state index in [2.05, 4.69) is 5.32 Å². The van der Waals surface area contributed by atoms with Gasteiger partial charge in [0, 0.05) is 6.04 Å². The number of nitrogens with one attached hydrogen (secondary N) is 1. The average Bonchev–Trinajstić information content (AvgIpc) is 2.57. The fraction of sp³-hybridized carbons (Fsp3) is 0.625. The molecule has 3 heteroatoms. The standard InChI is InChI=1S/C16H24FNO/c1-12-11-14(17)8-7-13(12)9-10-18-15-5-3-2-4-6-16(15)19/h7-8,11,15-16,18-19H,2-6,9-10H2,1H3. The molecule has 2 unspecified atom stereocenters. The lowest BCUT2D eigenvalue weighted by Crippen LogP contribution is -2.40. The molecular weight excluding hydrogens is 241 g/mol. The van der Waals surface area contributed by atoms with Crippen LogP contribution in [0.4, 0.5) is 4.39 Å². The SMILES string of the molecule is Cc1cc(F)ccc1CCNC1CCCCCC1O. The molecule has 0 aromatic heterocycles. The summed E-state index contributed by atoms with van der Waals surface area (Å²) in [4.78, 5) is 0. The van der Waals surface area contributed by atoms with E-state index >= 15 is 0 Å². The minimum absolute atomic E-state index is 0.173. The molecule has 106 valence electrons. The molecule has 2 atom stereocenters. The Morgan fingerprint density at radius 3 is 2.84 bits per heavy atom. The second kappa shape index (κ2) is 7.01. The molecule has 2 rings (SSSR count). The Morgan fingerprint density at radius 2 is 2.05 bits per heavy atom. The van der Waals surface area contributed by atoms with Gasteiger partial charge in [-0.15, -0.1) is 0 Å². The Hall–Kier alpha value is -0.930. The molecule has 1 aliphatic rings. The first-order valence-electron chi connectivity index (χ1n) is 7.33. The van der Waals surface area contributed by atoms with Gasteiger partial charge in [-0.2, -0.15) is 0 Å². The average molecular weight is 265 g/mol. The lowest BCUT2D eigenvalue weighted by Gasteiger charge is -2.22. The number of aliphatic hydroxyl groups excluding tert-OH is 1. The highest BCUT2D eigenvalue weighted by atomic mass is 19.1. The highest BCUT2D eigenvalue weighted by Crippen LogP contribution is 2.18. The van der Waals surface area contributed by atoms with Crippen LogP contribution in [0.2, 0.25) is 0 Å². The normalized spacial score (nSPS) is 24.2. The van der Waals surface area contributed by atoms with Crippen molar-refractivity contribution in [1.29, 1.82) is 0 Å². The summed E-state index contributed by atoms with van der Waals surface area (Å²) >= 11 is 0. The fourth-order valence-corrected chi connectivity index (χ4v) is 2.86. The number of halogens is 1. The first-order valence-corrected chi connectivity index (χ1v) is 7.33. The number of rotatable bonds is 4. The quantitative estimate of drug-likeness (QED) is 0.820. The maximum atomic E-state index is 13.0. The molecule has 1 saturated carbocycles. The van der Waals surface area contributed by atoms with Crippen LogP contribution in [0.3, 0.4) is 0 Å². The van der Waals surface area contributed by atoms with Crippen LogP contribution in [0, 0.1) is 12.7 Å². The van der Waals surface area contributed by atoms with E-state index in [0.29, 0.717) is 0 Å². The Kier molecular flexibility index (Phi) is 5.34. The predicted molar refractivity (Wildman–Crippen MR) is 75.7 cm³/mol. The highest BCUT2D eigenvalue weighted by Gasteiger charge is 2.20. The third-order valence-corrected chi connectivity index (χ3v) is 4.08. The van der Waals surface area contributed by atoms with Gasteiger partial charge < -0.3 is 10.4 Å². The monoisotopic (exact) mass is 265 g/mol. The van der Waals surface area contributed by atoms with E-state index in [0.717, 1.165) is 37.8 Å². The maximum absolute atomic E-state index is 13.0. The molecule has 0 aliphatic heterocycles. The van der Waals surface area contributed by atoms with Gasteiger partial charge in [-0.25, -0.2) is 4.39 Å². The van der Waals surface area contributed by atoms with Gasteiger partial charge >= 0.3 is 0 Å². The molecule has 1 fully saturated rings. The molecule has 0 heterocycles. The smallest absolute Gasteiger partial charge is 0.123 e. The van der Waals surface area contributed by atoms with Gasteiger partial charge in [-0.05, 0) is 56.0 Å². The van der Waals surface area contributed by atoms with E-state index in [1.54, 1.807) is 6.07 Å². The van der Waals surface area contributed by atoms with Crippen LogP contribution in [0.1, 0.15) is 43.2 Å². The third-order valence-electron chi connectivity index (χ3n) is 4.08. The van der Waals surface area contributed by atoms with E-state index in [-0.39, 0.29) is 18.0 Å². The van der Waals surface area contributed by atoms with E-state index in [1.807, 2.05) is 13.0 Å². The number of hydrogen-bond donors (Lipinski definition) is 2. The predicted octanol–water partition coefficient (Wildman–Crippen LogP) is 2.96. The van der Waals surface area contributed by atoms with Crippen LogP contribution in [-0.4, -0.2) is 23.8 Å². The first-order chi connectivity index (χ1) is 9.16. The van der Waals surface area contributed by atoms with Gasteiger partial charge in [0.25, 0.3) is 0 Å². The van der Waals surface area contributed by atoms with E-state index < -0.39 is 0 Å². The Labute approximate surface area is 115 Å². The maximum Gasteiger partial charge on any atom is 0.123 e. The van der Waals surface area contributed by atoms with Gasteiger partial charge in [-0.3, -0.25) is 0 Å². The molecule has 1 aromatic carbocycles. The second-order valence-corrected chi connectivity index (χ2v) is 5.59. The second-order valence-electron chi connectivity index (χ2n) is 5.59. The Morgan fingerprint density at radius 1 is 1.26 bits per heavy atom. The molecule has 0 spiro atoms. The summed E-state index contributed by atoms with van der Waals surface area (Å²) in [5.74, 6) is -0.173. The number of hydrogen-bond acceptors (Lipinski definition) is 2. The van der Waals surface area contributed by atoms with Crippen molar-refractivity contribution >= 4 is 0 Å². The van der Waals surface area contributed by atoms with Gasteiger partial charge in [-0.1, -0.05) is 25.3 Å². The Bertz CT molecular complexity index is 408. The summed E-state index contributed by atoms with van der Waals surface area (Å²) in [6, 6.07) is 5.18. The van der Waals surface area contributed by atoms with Gasteiger partial charge in [0.05, 0.1) is 6.10 Å². The molecule has 1 aromatic rings. The largest absolute Gasteiger partial charge is 0.392 e. The van der Waals surface area contributed by atoms with Crippen molar-refractivity contribution in [2.75, 3.05) is 6.54 Å². The Balaban J connectivity index is 1.82. The molecule has 0 radical (unpaired) electrons. The molecule has 0 bridgehead atoms. The minimum atomic E-state index is -0.211. The topological polar surface area (TPSA) is 32.3 Å². The molecule has 2 N–H and O–H groups in total. The number of aliphatic hydroxyl groups is 1. The van der Waals surface area contributed by atoms with Crippen molar-refractivity contribution in [2.45, 2.75) is 57.6 Å². The van der Waals surface area contributed by atoms with Crippen LogP contribution in [-0.2, 0) is 6.42 Å². The molecule has 19 heavy (non-hydrogen) atoms. The van der Waals surface area contributed by atoms with Gasteiger partial charge in [0.1, 0.15) is 5.82 Å². The van der Waals surface area contributed by atoms with Gasteiger partial charge in [0.2, 0.25) is 0 Å². The van der Waals surface area contributed by atoms with Crippen LogP contribution >= 0.6 is 0 Å². The van der Waals surface area contributed by atoms with E-state index in [1.165, 1.54) is 24.5 Å². The van der Waals surface area contributed by atoms with E-state index in [4.69, 9.17) is 0 Å². The summed E-state index contributed by atoms with van der Waals surface area (Å²) in [5.41, 5.74) is 2.18. The van der Waals surface area contributed by atoms with Crippen LogP contribution in [0.5, 0.6) is 0 Å². The van der Waals surface area contributed by atoms with E-state index in [9.17, 15) is 9.50 Å². The summed E-state index contributed by atoms with van der Waals surface area (Å²) in [5, 5.41) is 13.5. The zero-order valence-corrected chi connectivity index (χ0v) is 11.7. The summed E-state index contributed by atoms with van der Waals surface area (Å²) in [7, 11) is 0. The summed E-state index contributed by atoms with van der Waals surface area (Å²) < 4.78 is 13.0. The molecular formula is C16H24FNO. The van der Waals surface area contributed by atoms with Crippen molar-refractivity contribution in [3.8, 4) is 0 Å². The number of aryl methyl sites for hydroxylation is 1. The molecule has 0 saturated heterocycles. The van der Waals surface area contributed by atoms with Crippen molar-refractivity contribution in [3.63, 3.8) is 0 Å². The van der Waals surface area contributed by atoms with Crippen molar-refractivity contribution in [1.82, 2.24) is 5.32 Å². The first kappa shape index (κ1) is 14.5. The molecule has 2 nitrogen and oxygen atoms in total. The summed E-state index contributed by atoms with van der Waals surface area (Å²) in [6.45, 7) is 2.78. The number of benzene rings is 1. The zero-order valence-electron chi connectivity index (χ0n) is 11.7. The van der Waals surface area contributed by atoms with Crippen molar-refractivity contribution in [2.24, 2.45) is 0 Å². The lowest BCUT2D eigenvalue weighted by molar-refractivity contribution is 0.120. The van der Waals surface area contributed by atoms with Gasteiger partial charge in [0.15, 0.2) is 0 Å². The van der Waals surface area contributed by atoms with Crippen LogP contribution in [0.25, 0.3) is 0 Å². The summed E-state index contributed by atoms with van der Waals surface area (Å²) in [6.07, 6.45) is 6.20. The molecule has 0 amide bonds. The third kappa shape index (κ3) is 4.29. The van der Waals surface area contributed by atoms with Crippen LogP contribution in [0.15, 0.2) is 18.2 Å². The van der Waals surface area contributed by atoms with Crippen molar-refractivity contribution < 1.29 is 9.50 Å². The van der Waals surface area contributed by atoms with Crippen molar-refractivity contribution in [3.05, 3.63) is 35.1 Å². The zero-order chi connectivity index (χ0) is 13.7. The highest BCUT2D eigenvalue weighted by molar-refractivity contribution is 5.26. The molecule has 1 aliphatic carbocycles. The fourth-order valence-electron chi connectivity index (χ4n) is 2.86. The van der Waals surface area contributed by atoms with Crippen LogP contribution < -0.4 is 5.32 Å². The lowest BCUT2D eigenvalue weighted by atomic mass is 10.0.